The van der Waals surface area contributed by atoms with Crippen molar-refractivity contribution in [1.29, 1.82) is 0 Å². The highest BCUT2D eigenvalue weighted by atomic mass is 16.5. The molecule has 2 N–H and O–H groups in total. The van der Waals surface area contributed by atoms with Gasteiger partial charge in [0.1, 0.15) is 11.3 Å². The largest absolute Gasteiger partial charge is 0.480 e. The Kier molecular flexibility index (Phi) is 6.42. The first-order chi connectivity index (χ1) is 12.2. The van der Waals surface area contributed by atoms with Crippen LogP contribution >= 0.6 is 0 Å². The number of aryl methyl sites for hydroxylation is 2. The third-order valence-corrected chi connectivity index (χ3v) is 4.48. The molecular weight excluding hydrogens is 332 g/mol. The number of carbonyl (C=O) groups excluding carboxylic acids is 1. The second kappa shape index (κ2) is 8.36. The van der Waals surface area contributed by atoms with Crippen molar-refractivity contribution in [2.24, 2.45) is 0 Å². The Morgan fingerprint density at radius 2 is 1.92 bits per heavy atom. The molecule has 0 aliphatic heterocycles. The lowest BCUT2D eigenvalue weighted by atomic mass is 10.0. The molecule has 1 aromatic carbocycles. The van der Waals surface area contributed by atoms with Crippen LogP contribution in [-0.4, -0.2) is 39.2 Å². The Labute approximate surface area is 154 Å². The van der Waals surface area contributed by atoms with E-state index >= 15 is 0 Å². The molecule has 0 saturated heterocycles. The van der Waals surface area contributed by atoms with Crippen LogP contribution in [0.1, 0.15) is 30.0 Å². The van der Waals surface area contributed by atoms with Gasteiger partial charge in [0, 0.05) is 18.5 Å². The molecule has 0 fully saturated rings. The maximum Gasteiger partial charge on any atom is 0.339 e. The number of hydrogen-bond acceptors (Lipinski definition) is 4. The predicted octanol–water partition coefficient (Wildman–Crippen LogP) is 1.14. The molecule has 142 valence electrons. The summed E-state index contributed by atoms with van der Waals surface area (Å²) in [5.74, 6) is 0.407. The number of ether oxygens (including phenoxy) is 1. The summed E-state index contributed by atoms with van der Waals surface area (Å²) in [6.07, 6.45) is 0.274. The Balaban J connectivity index is 2.20. The van der Waals surface area contributed by atoms with Gasteiger partial charge in [0.15, 0.2) is 6.10 Å². The van der Waals surface area contributed by atoms with Crippen LogP contribution in [0.2, 0.25) is 0 Å². The molecule has 0 unspecified atom stereocenters. The Morgan fingerprint density at radius 3 is 2.58 bits per heavy atom. The molecule has 0 aliphatic rings. The van der Waals surface area contributed by atoms with E-state index in [0.29, 0.717) is 23.4 Å². The first kappa shape index (κ1) is 20.0. The highest BCUT2D eigenvalue weighted by Crippen LogP contribution is 2.31. The highest BCUT2D eigenvalue weighted by molar-refractivity contribution is 5.89. The summed E-state index contributed by atoms with van der Waals surface area (Å²) in [6.45, 7) is 8.84. The molecule has 0 aliphatic carbocycles. The lowest BCUT2D eigenvalue weighted by Gasteiger charge is -2.18. The van der Waals surface area contributed by atoms with Crippen LogP contribution < -0.4 is 20.6 Å². The van der Waals surface area contributed by atoms with E-state index in [2.05, 4.69) is 19.4 Å². The number of quaternary nitrogens is 1. The maximum atomic E-state index is 12.3. The highest BCUT2D eigenvalue weighted by Gasteiger charge is 2.19. The molecule has 0 spiro atoms. The van der Waals surface area contributed by atoms with Gasteiger partial charge in [-0.05, 0) is 51.0 Å². The monoisotopic (exact) mass is 361 g/mol. The van der Waals surface area contributed by atoms with Crippen molar-refractivity contribution >= 4 is 16.9 Å². The van der Waals surface area contributed by atoms with Crippen molar-refractivity contribution in [3.63, 3.8) is 0 Å². The minimum absolute atomic E-state index is 0.153. The van der Waals surface area contributed by atoms with Gasteiger partial charge in [-0.2, -0.15) is 0 Å². The van der Waals surface area contributed by atoms with Crippen molar-refractivity contribution in [2.75, 3.05) is 27.2 Å². The topological polar surface area (TPSA) is 73.0 Å². The average Bonchev–Trinajstić information content (AvgIpc) is 2.55. The van der Waals surface area contributed by atoms with Gasteiger partial charge in [0.25, 0.3) is 5.91 Å². The lowest BCUT2D eigenvalue weighted by Crippen LogP contribution is -3.05. The zero-order valence-electron chi connectivity index (χ0n) is 16.5. The minimum atomic E-state index is -0.640. The number of hydrogen-bond donors (Lipinski definition) is 2. The summed E-state index contributed by atoms with van der Waals surface area (Å²) < 4.78 is 11.3. The SMILES string of the molecule is Cc1cc(O[C@H](C)C(=O)NCCC[NH+](C)C)c2c(C)c(C)c(=O)oc2c1. The van der Waals surface area contributed by atoms with Gasteiger partial charge in [0.05, 0.1) is 26.0 Å². The molecule has 0 radical (unpaired) electrons. The summed E-state index contributed by atoms with van der Waals surface area (Å²) in [7, 11) is 4.16. The molecule has 2 rings (SSSR count). The summed E-state index contributed by atoms with van der Waals surface area (Å²) in [6, 6.07) is 3.68. The third kappa shape index (κ3) is 4.64. The minimum Gasteiger partial charge on any atom is -0.480 e. The van der Waals surface area contributed by atoms with Crippen LogP contribution in [0, 0.1) is 20.8 Å². The van der Waals surface area contributed by atoms with Gasteiger partial charge in [-0.25, -0.2) is 4.79 Å². The number of nitrogens with one attached hydrogen (secondary N) is 2. The molecule has 0 bridgehead atoms. The maximum absolute atomic E-state index is 12.3. The van der Waals surface area contributed by atoms with E-state index in [-0.39, 0.29) is 11.5 Å². The van der Waals surface area contributed by atoms with Crippen molar-refractivity contribution in [2.45, 2.75) is 40.2 Å². The van der Waals surface area contributed by atoms with Crippen LogP contribution in [0.5, 0.6) is 5.75 Å². The number of carbonyl (C=O) groups is 1. The van der Waals surface area contributed by atoms with E-state index in [1.807, 2.05) is 26.0 Å². The normalized spacial score (nSPS) is 12.4. The van der Waals surface area contributed by atoms with Crippen LogP contribution in [-0.2, 0) is 4.79 Å². The van der Waals surface area contributed by atoms with E-state index in [1.54, 1.807) is 13.8 Å². The molecule has 6 nitrogen and oxygen atoms in total. The van der Waals surface area contributed by atoms with Gasteiger partial charge in [-0.3, -0.25) is 4.79 Å². The Hall–Kier alpha value is -2.34. The smallest absolute Gasteiger partial charge is 0.339 e. The van der Waals surface area contributed by atoms with E-state index < -0.39 is 6.10 Å². The summed E-state index contributed by atoms with van der Waals surface area (Å²) >= 11 is 0. The second-order valence-corrected chi connectivity index (χ2v) is 7.14. The van der Waals surface area contributed by atoms with Crippen molar-refractivity contribution in [3.05, 3.63) is 39.2 Å². The van der Waals surface area contributed by atoms with Crippen LogP contribution in [0.25, 0.3) is 11.0 Å². The van der Waals surface area contributed by atoms with Gasteiger partial charge in [0.2, 0.25) is 0 Å². The number of amides is 1. The fourth-order valence-corrected chi connectivity index (χ4v) is 2.82. The fourth-order valence-electron chi connectivity index (χ4n) is 2.82. The average molecular weight is 361 g/mol. The predicted molar refractivity (Wildman–Crippen MR) is 102 cm³/mol. The van der Waals surface area contributed by atoms with Gasteiger partial charge < -0.3 is 19.4 Å². The molecule has 6 heteroatoms. The second-order valence-electron chi connectivity index (χ2n) is 7.14. The molecular formula is C20H29N2O4+. The molecule has 26 heavy (non-hydrogen) atoms. The lowest BCUT2D eigenvalue weighted by molar-refractivity contribution is -0.858. The van der Waals surface area contributed by atoms with Crippen molar-refractivity contribution in [1.82, 2.24) is 5.32 Å². The van der Waals surface area contributed by atoms with Gasteiger partial charge in [-0.1, -0.05) is 0 Å². The molecule has 1 aromatic heterocycles. The van der Waals surface area contributed by atoms with Gasteiger partial charge in [-0.15, -0.1) is 0 Å². The molecule has 1 heterocycles. The number of benzene rings is 1. The number of rotatable bonds is 7. The van der Waals surface area contributed by atoms with E-state index in [1.165, 1.54) is 4.90 Å². The van der Waals surface area contributed by atoms with Crippen LogP contribution in [0.3, 0.4) is 0 Å². The molecule has 2 aromatic rings. The summed E-state index contributed by atoms with van der Waals surface area (Å²) in [5, 5.41) is 3.64. The zero-order valence-corrected chi connectivity index (χ0v) is 16.5. The zero-order chi connectivity index (χ0) is 19.4. The Morgan fingerprint density at radius 1 is 1.23 bits per heavy atom. The first-order valence-electron chi connectivity index (χ1n) is 8.98. The molecule has 0 saturated carbocycles. The van der Waals surface area contributed by atoms with Gasteiger partial charge >= 0.3 is 5.63 Å². The summed E-state index contributed by atoms with van der Waals surface area (Å²) in [4.78, 5) is 25.6. The first-order valence-corrected chi connectivity index (χ1v) is 8.98. The van der Waals surface area contributed by atoms with E-state index in [4.69, 9.17) is 9.15 Å². The summed E-state index contributed by atoms with van der Waals surface area (Å²) in [5.41, 5.74) is 2.40. The van der Waals surface area contributed by atoms with E-state index in [0.717, 1.165) is 29.5 Å². The van der Waals surface area contributed by atoms with Crippen LogP contribution in [0.4, 0.5) is 0 Å². The third-order valence-electron chi connectivity index (χ3n) is 4.48. The quantitative estimate of drug-likeness (QED) is 0.573. The fraction of sp³-hybridized carbons (Fsp3) is 0.500. The van der Waals surface area contributed by atoms with Crippen LogP contribution in [0.15, 0.2) is 21.3 Å². The number of fused-ring (bicyclic) bond motifs is 1. The van der Waals surface area contributed by atoms with E-state index in [9.17, 15) is 9.59 Å². The van der Waals surface area contributed by atoms with Crippen molar-refractivity contribution in [3.8, 4) is 5.75 Å². The van der Waals surface area contributed by atoms with Crippen molar-refractivity contribution < 1.29 is 18.8 Å². The standard InChI is InChI=1S/C20H28N2O4/c1-12-10-16(18-13(2)14(3)20(24)26-17(18)11-12)25-15(4)19(23)21-8-7-9-22(5)6/h10-11,15H,7-9H2,1-6H3,(H,21,23)/p+1/t15-/m1/s1. The molecule has 1 amide bonds. The molecule has 1 atom stereocenters. The Bertz CT molecular complexity index is 855.